The first-order chi connectivity index (χ1) is 13.5. The number of carbonyl (C=O) groups excluding carboxylic acids is 1. The Bertz CT molecular complexity index is 1050. The van der Waals surface area contributed by atoms with E-state index in [-0.39, 0.29) is 42.5 Å². The van der Waals surface area contributed by atoms with E-state index < -0.39 is 0 Å². The van der Waals surface area contributed by atoms with Crippen LogP contribution < -0.4 is 10.9 Å². The summed E-state index contributed by atoms with van der Waals surface area (Å²) in [6, 6.07) is 6.98. The van der Waals surface area contributed by atoms with Crippen LogP contribution >= 0.6 is 0 Å². The highest BCUT2D eigenvalue weighted by Crippen LogP contribution is 2.37. The third-order valence-electron chi connectivity index (χ3n) is 5.33. The van der Waals surface area contributed by atoms with Crippen LogP contribution in [0.3, 0.4) is 0 Å². The Morgan fingerprint density at radius 3 is 2.86 bits per heavy atom. The zero-order valence-electron chi connectivity index (χ0n) is 15.7. The van der Waals surface area contributed by atoms with Gasteiger partial charge in [0.1, 0.15) is 0 Å². The smallest absolute Gasteiger partial charge is 0.261 e. The molecule has 1 fully saturated rings. The van der Waals surface area contributed by atoms with Crippen LogP contribution in [0.1, 0.15) is 30.9 Å². The molecule has 4 rings (SSSR count). The minimum Gasteiger partial charge on any atom is -0.393 e. The normalized spacial score (nSPS) is 19.9. The van der Waals surface area contributed by atoms with Gasteiger partial charge in [-0.2, -0.15) is 5.10 Å². The van der Waals surface area contributed by atoms with Crippen molar-refractivity contribution in [3.05, 3.63) is 58.9 Å². The van der Waals surface area contributed by atoms with Crippen molar-refractivity contribution in [2.45, 2.75) is 38.0 Å². The minimum absolute atomic E-state index is 0.143. The molecule has 0 radical (unpaired) electrons. The van der Waals surface area contributed by atoms with E-state index in [2.05, 4.69) is 15.4 Å². The van der Waals surface area contributed by atoms with Gasteiger partial charge in [0.15, 0.2) is 0 Å². The van der Waals surface area contributed by atoms with Crippen LogP contribution in [0.2, 0.25) is 0 Å². The number of fused-ring (bicyclic) bond motifs is 1. The highest BCUT2D eigenvalue weighted by atomic mass is 16.3. The summed E-state index contributed by atoms with van der Waals surface area (Å²) < 4.78 is 3.16. The van der Waals surface area contributed by atoms with Gasteiger partial charge in [0.25, 0.3) is 5.56 Å². The van der Waals surface area contributed by atoms with Crippen molar-refractivity contribution in [1.29, 1.82) is 0 Å². The van der Waals surface area contributed by atoms with Crippen molar-refractivity contribution in [2.75, 3.05) is 0 Å². The number of aliphatic hydroxyl groups excluding tert-OH is 1. The summed E-state index contributed by atoms with van der Waals surface area (Å²) in [5.41, 5.74) is 1.43. The number of rotatable bonds is 6. The number of carbonyl (C=O) groups is 1. The van der Waals surface area contributed by atoms with Crippen LogP contribution in [0.15, 0.2) is 47.8 Å². The number of aromatic nitrogens is 4. The minimum atomic E-state index is -0.302. The van der Waals surface area contributed by atoms with Gasteiger partial charge in [-0.25, -0.2) is 4.98 Å². The van der Waals surface area contributed by atoms with Crippen LogP contribution in [-0.2, 0) is 18.4 Å². The molecule has 1 aliphatic rings. The van der Waals surface area contributed by atoms with Gasteiger partial charge in [0.2, 0.25) is 5.91 Å². The molecule has 0 saturated heterocycles. The predicted molar refractivity (Wildman–Crippen MR) is 103 cm³/mol. The Kier molecular flexibility index (Phi) is 4.95. The van der Waals surface area contributed by atoms with Gasteiger partial charge < -0.3 is 10.4 Å². The van der Waals surface area contributed by atoms with Crippen molar-refractivity contribution in [2.24, 2.45) is 13.0 Å². The van der Waals surface area contributed by atoms with Crippen molar-refractivity contribution in [1.82, 2.24) is 24.6 Å². The first-order valence-corrected chi connectivity index (χ1v) is 9.41. The lowest BCUT2D eigenvalue weighted by Gasteiger charge is -2.37. The third kappa shape index (κ3) is 3.68. The fourth-order valence-electron chi connectivity index (χ4n) is 3.71. The summed E-state index contributed by atoms with van der Waals surface area (Å²) in [6.45, 7) is 0.259. The Hall–Kier alpha value is -3.00. The second-order valence-corrected chi connectivity index (χ2v) is 7.39. The summed E-state index contributed by atoms with van der Waals surface area (Å²) in [7, 11) is 1.83. The number of aryl methyl sites for hydroxylation is 2. The van der Waals surface area contributed by atoms with Gasteiger partial charge in [0, 0.05) is 31.8 Å². The molecular weight excluding hydrogens is 358 g/mol. The van der Waals surface area contributed by atoms with Crippen LogP contribution in [0.25, 0.3) is 10.9 Å². The van der Waals surface area contributed by atoms with Crippen LogP contribution in [0.5, 0.6) is 0 Å². The molecule has 1 aliphatic carbocycles. The molecule has 1 aromatic carbocycles. The molecule has 1 atom stereocenters. The Balaban J connectivity index is 1.44. The van der Waals surface area contributed by atoms with Gasteiger partial charge in [-0.15, -0.1) is 0 Å². The van der Waals surface area contributed by atoms with Crippen molar-refractivity contribution in [3.8, 4) is 0 Å². The summed E-state index contributed by atoms with van der Waals surface area (Å²) >= 11 is 0. The zero-order chi connectivity index (χ0) is 19.7. The number of amides is 1. The maximum atomic E-state index is 12.6. The number of nitrogens with zero attached hydrogens (tertiary/aromatic N) is 4. The Morgan fingerprint density at radius 2 is 2.14 bits per heavy atom. The van der Waals surface area contributed by atoms with E-state index >= 15 is 0 Å². The molecule has 8 nitrogen and oxygen atoms in total. The molecule has 0 bridgehead atoms. The molecule has 0 aliphatic heterocycles. The summed E-state index contributed by atoms with van der Waals surface area (Å²) in [4.78, 5) is 29.4. The predicted octanol–water partition coefficient (Wildman–Crippen LogP) is 1.15. The van der Waals surface area contributed by atoms with E-state index in [1.165, 1.54) is 10.9 Å². The van der Waals surface area contributed by atoms with E-state index in [1.807, 2.05) is 19.3 Å². The van der Waals surface area contributed by atoms with Gasteiger partial charge in [-0.3, -0.25) is 18.8 Å². The van der Waals surface area contributed by atoms with Crippen molar-refractivity contribution in [3.63, 3.8) is 0 Å². The molecule has 2 N–H and O–H groups in total. The highest BCUT2D eigenvalue weighted by Gasteiger charge is 2.36. The monoisotopic (exact) mass is 381 g/mol. The van der Waals surface area contributed by atoms with E-state index in [1.54, 1.807) is 29.1 Å². The average molecular weight is 381 g/mol. The van der Waals surface area contributed by atoms with E-state index in [0.29, 0.717) is 23.7 Å². The summed E-state index contributed by atoms with van der Waals surface area (Å²) in [5, 5.41) is 17.4. The fraction of sp³-hybridized carbons (Fsp3) is 0.400. The van der Waals surface area contributed by atoms with Gasteiger partial charge in [-0.05, 0) is 30.9 Å². The number of hydrogen-bond acceptors (Lipinski definition) is 5. The number of para-hydroxylation sites is 1. The van der Waals surface area contributed by atoms with Crippen LogP contribution in [0.4, 0.5) is 0 Å². The molecule has 3 aromatic rings. The van der Waals surface area contributed by atoms with Gasteiger partial charge in [0.05, 0.1) is 35.6 Å². The molecule has 0 unspecified atom stereocenters. The molecule has 0 spiro atoms. The topological polar surface area (TPSA) is 102 Å². The van der Waals surface area contributed by atoms with Crippen molar-refractivity contribution >= 4 is 16.8 Å². The number of aliphatic hydroxyl groups is 1. The number of benzene rings is 1. The lowest BCUT2D eigenvalue weighted by Crippen LogP contribution is -2.41. The molecule has 146 valence electrons. The number of hydrogen-bond donors (Lipinski definition) is 2. The second kappa shape index (κ2) is 7.55. The zero-order valence-corrected chi connectivity index (χ0v) is 15.7. The second-order valence-electron chi connectivity index (χ2n) is 7.39. The molecule has 2 aromatic heterocycles. The Morgan fingerprint density at radius 1 is 1.36 bits per heavy atom. The standard InChI is InChI=1S/C20H23N5O3/c1-24-11-14(10-22-24)19(13-8-15(26)9-13)23-18(27)6-7-25-12-21-17-5-3-2-4-16(17)20(25)28/h2-5,10-13,15,19,26H,6-9H2,1H3,(H,23,27)/t13?,15?,19-/m1/s1. The maximum Gasteiger partial charge on any atom is 0.261 e. The number of nitrogens with one attached hydrogen (secondary N) is 1. The third-order valence-corrected chi connectivity index (χ3v) is 5.33. The molecule has 2 heterocycles. The Labute approximate surface area is 161 Å². The first-order valence-electron chi connectivity index (χ1n) is 9.41. The van der Waals surface area contributed by atoms with E-state index in [9.17, 15) is 14.7 Å². The van der Waals surface area contributed by atoms with Crippen LogP contribution in [0, 0.1) is 5.92 Å². The SMILES string of the molecule is Cn1cc([C@H](NC(=O)CCn2cnc3ccccc3c2=O)C2CC(O)C2)cn1. The summed E-state index contributed by atoms with van der Waals surface area (Å²) in [5.74, 6) is 0.0449. The largest absolute Gasteiger partial charge is 0.393 e. The molecule has 28 heavy (non-hydrogen) atoms. The maximum absolute atomic E-state index is 12.6. The molecular formula is C20H23N5O3. The first kappa shape index (κ1) is 18.4. The summed E-state index contributed by atoms with van der Waals surface area (Å²) in [6.07, 6.45) is 6.30. The van der Waals surface area contributed by atoms with Gasteiger partial charge >= 0.3 is 0 Å². The quantitative estimate of drug-likeness (QED) is 0.667. The van der Waals surface area contributed by atoms with Crippen LogP contribution in [-0.4, -0.2) is 36.4 Å². The average Bonchev–Trinajstić information content (AvgIpc) is 3.10. The van der Waals surface area contributed by atoms with Gasteiger partial charge in [-0.1, -0.05) is 12.1 Å². The molecule has 1 saturated carbocycles. The molecule has 8 heteroatoms. The van der Waals surface area contributed by atoms with E-state index in [4.69, 9.17) is 0 Å². The van der Waals surface area contributed by atoms with Crippen molar-refractivity contribution < 1.29 is 9.90 Å². The van der Waals surface area contributed by atoms with E-state index in [0.717, 1.165) is 5.56 Å². The highest BCUT2D eigenvalue weighted by molar-refractivity contribution is 5.77. The lowest BCUT2D eigenvalue weighted by molar-refractivity contribution is -0.123. The fourth-order valence-corrected chi connectivity index (χ4v) is 3.71. The molecule has 1 amide bonds. The lowest BCUT2D eigenvalue weighted by atomic mass is 9.75.